The molecule has 1 aromatic heterocycles. The number of amides is 1. The number of aromatic nitrogens is 2. The van der Waals surface area contributed by atoms with Crippen LogP contribution in [0.25, 0.3) is 0 Å². The van der Waals surface area contributed by atoms with Crippen LogP contribution < -0.4 is 16.0 Å². The van der Waals surface area contributed by atoms with E-state index in [-0.39, 0.29) is 11.9 Å². The van der Waals surface area contributed by atoms with Gasteiger partial charge < -0.3 is 16.0 Å². The first kappa shape index (κ1) is 12.1. The fourth-order valence-corrected chi connectivity index (χ4v) is 1.92. The van der Waals surface area contributed by atoms with Crippen molar-refractivity contribution < 1.29 is 4.79 Å². The third-order valence-corrected chi connectivity index (χ3v) is 2.96. The van der Waals surface area contributed by atoms with Gasteiger partial charge in [-0.1, -0.05) is 0 Å². The number of carbonyl (C=O) groups is 1. The van der Waals surface area contributed by atoms with Crippen LogP contribution in [0.1, 0.15) is 5.69 Å². The Labute approximate surface area is 101 Å². The van der Waals surface area contributed by atoms with Crippen molar-refractivity contribution in [3.05, 3.63) is 18.0 Å². The second-order valence-corrected chi connectivity index (χ2v) is 4.20. The summed E-state index contributed by atoms with van der Waals surface area (Å²) in [6.07, 6.45) is 2.58. The van der Waals surface area contributed by atoms with Crippen molar-refractivity contribution in [3.8, 4) is 0 Å². The molecule has 2 heterocycles. The molecular formula is C11H19N5O. The van der Waals surface area contributed by atoms with Gasteiger partial charge in [0.15, 0.2) is 0 Å². The van der Waals surface area contributed by atoms with E-state index in [9.17, 15) is 4.79 Å². The first-order valence-corrected chi connectivity index (χ1v) is 5.96. The Morgan fingerprint density at radius 3 is 3.18 bits per heavy atom. The minimum absolute atomic E-state index is 0.0689. The first-order chi connectivity index (χ1) is 8.27. The average molecular weight is 237 g/mol. The molecular weight excluding hydrogens is 218 g/mol. The molecule has 2 rings (SSSR count). The molecule has 1 aromatic rings. The van der Waals surface area contributed by atoms with Crippen molar-refractivity contribution in [2.75, 3.05) is 26.2 Å². The van der Waals surface area contributed by atoms with Crippen LogP contribution in [-0.2, 0) is 18.3 Å². The lowest BCUT2D eigenvalue weighted by atomic mass is 10.2. The van der Waals surface area contributed by atoms with Gasteiger partial charge in [-0.05, 0) is 6.07 Å². The monoisotopic (exact) mass is 237 g/mol. The Morgan fingerprint density at radius 1 is 1.65 bits per heavy atom. The molecule has 0 radical (unpaired) electrons. The average Bonchev–Trinajstić information content (AvgIpc) is 2.76. The molecule has 1 saturated heterocycles. The van der Waals surface area contributed by atoms with Crippen LogP contribution in [0.4, 0.5) is 0 Å². The van der Waals surface area contributed by atoms with Gasteiger partial charge in [0.2, 0.25) is 5.91 Å². The van der Waals surface area contributed by atoms with Crippen molar-refractivity contribution in [2.45, 2.75) is 12.5 Å². The van der Waals surface area contributed by atoms with E-state index in [1.807, 2.05) is 17.8 Å². The van der Waals surface area contributed by atoms with Crippen LogP contribution in [0.2, 0.25) is 0 Å². The molecule has 0 bridgehead atoms. The van der Waals surface area contributed by atoms with Gasteiger partial charge in [-0.25, -0.2) is 0 Å². The lowest BCUT2D eigenvalue weighted by Gasteiger charge is -2.23. The van der Waals surface area contributed by atoms with Gasteiger partial charge in [-0.3, -0.25) is 9.48 Å². The maximum Gasteiger partial charge on any atom is 0.238 e. The summed E-state index contributed by atoms with van der Waals surface area (Å²) in [5.74, 6) is 0.0689. The van der Waals surface area contributed by atoms with Gasteiger partial charge in [-0.15, -0.1) is 0 Å². The summed E-state index contributed by atoms with van der Waals surface area (Å²) in [4.78, 5) is 11.8. The quantitative estimate of drug-likeness (QED) is 0.605. The zero-order valence-corrected chi connectivity index (χ0v) is 10.1. The van der Waals surface area contributed by atoms with Crippen LogP contribution in [0.3, 0.4) is 0 Å². The molecule has 1 aliphatic rings. The SMILES string of the molecule is Cn1nccc1CCNC(=O)C1CNCCN1. The van der Waals surface area contributed by atoms with Crippen LogP contribution in [-0.4, -0.2) is 47.9 Å². The molecule has 0 aromatic carbocycles. The number of hydrogen-bond donors (Lipinski definition) is 3. The standard InChI is InChI=1S/C11H19N5O/c1-16-9(3-5-15-16)2-4-14-11(17)10-8-12-6-7-13-10/h3,5,10,12-13H,2,4,6-8H2,1H3,(H,14,17). The number of aryl methyl sites for hydroxylation is 1. The van der Waals surface area contributed by atoms with Gasteiger partial charge in [0.05, 0.1) is 6.04 Å². The summed E-state index contributed by atoms with van der Waals surface area (Å²) in [5.41, 5.74) is 1.13. The number of piperazine rings is 1. The summed E-state index contributed by atoms with van der Waals surface area (Å²) in [7, 11) is 1.91. The zero-order chi connectivity index (χ0) is 12.1. The summed E-state index contributed by atoms with van der Waals surface area (Å²) in [6, 6.07) is 1.86. The van der Waals surface area contributed by atoms with E-state index in [4.69, 9.17) is 0 Å². The van der Waals surface area contributed by atoms with Crippen molar-refractivity contribution in [1.29, 1.82) is 0 Å². The van der Waals surface area contributed by atoms with Crippen molar-refractivity contribution in [2.24, 2.45) is 7.05 Å². The summed E-state index contributed by atoms with van der Waals surface area (Å²) in [5, 5.41) is 13.4. The molecule has 3 N–H and O–H groups in total. The number of rotatable bonds is 4. The fraction of sp³-hybridized carbons (Fsp3) is 0.636. The number of carbonyl (C=O) groups excluding carboxylic acids is 1. The van der Waals surface area contributed by atoms with Crippen LogP contribution >= 0.6 is 0 Å². The highest BCUT2D eigenvalue weighted by Crippen LogP contribution is 1.96. The zero-order valence-electron chi connectivity index (χ0n) is 10.1. The Bertz CT molecular complexity index is 370. The highest BCUT2D eigenvalue weighted by atomic mass is 16.2. The van der Waals surface area contributed by atoms with Gasteiger partial charge in [0, 0.05) is 51.5 Å². The molecule has 1 amide bonds. The fourth-order valence-electron chi connectivity index (χ4n) is 1.92. The van der Waals surface area contributed by atoms with Crippen molar-refractivity contribution in [1.82, 2.24) is 25.7 Å². The van der Waals surface area contributed by atoms with Crippen molar-refractivity contribution >= 4 is 5.91 Å². The summed E-state index contributed by atoms with van der Waals surface area (Å²) < 4.78 is 1.83. The maximum absolute atomic E-state index is 11.8. The van der Waals surface area contributed by atoms with E-state index in [0.717, 1.165) is 25.2 Å². The summed E-state index contributed by atoms with van der Waals surface area (Å²) in [6.45, 7) is 3.13. The molecule has 1 aliphatic heterocycles. The summed E-state index contributed by atoms with van der Waals surface area (Å²) >= 11 is 0. The van der Waals surface area contributed by atoms with Gasteiger partial charge in [0.25, 0.3) is 0 Å². The normalized spacial score (nSPS) is 20.2. The second-order valence-electron chi connectivity index (χ2n) is 4.20. The third kappa shape index (κ3) is 3.28. The van der Waals surface area contributed by atoms with E-state index in [1.165, 1.54) is 0 Å². The maximum atomic E-state index is 11.8. The lowest BCUT2D eigenvalue weighted by molar-refractivity contribution is -0.123. The smallest absolute Gasteiger partial charge is 0.238 e. The van der Waals surface area contributed by atoms with E-state index < -0.39 is 0 Å². The molecule has 94 valence electrons. The van der Waals surface area contributed by atoms with E-state index >= 15 is 0 Å². The Morgan fingerprint density at radius 2 is 2.53 bits per heavy atom. The number of nitrogens with zero attached hydrogens (tertiary/aromatic N) is 2. The highest BCUT2D eigenvalue weighted by Gasteiger charge is 2.19. The molecule has 0 spiro atoms. The van der Waals surface area contributed by atoms with Crippen LogP contribution in [0.15, 0.2) is 12.3 Å². The minimum Gasteiger partial charge on any atom is -0.354 e. The first-order valence-electron chi connectivity index (χ1n) is 5.96. The molecule has 6 heteroatoms. The largest absolute Gasteiger partial charge is 0.354 e. The molecule has 1 unspecified atom stereocenters. The topological polar surface area (TPSA) is 71.0 Å². The number of hydrogen-bond acceptors (Lipinski definition) is 4. The van der Waals surface area contributed by atoms with E-state index in [1.54, 1.807) is 6.20 Å². The van der Waals surface area contributed by atoms with Gasteiger partial charge in [0.1, 0.15) is 0 Å². The van der Waals surface area contributed by atoms with Crippen LogP contribution in [0, 0.1) is 0 Å². The van der Waals surface area contributed by atoms with E-state index in [0.29, 0.717) is 13.1 Å². The van der Waals surface area contributed by atoms with Crippen LogP contribution in [0.5, 0.6) is 0 Å². The lowest BCUT2D eigenvalue weighted by Crippen LogP contribution is -2.55. The molecule has 1 atom stereocenters. The number of nitrogens with one attached hydrogen (secondary N) is 3. The Kier molecular flexibility index (Phi) is 4.11. The Hall–Kier alpha value is -1.40. The van der Waals surface area contributed by atoms with E-state index in [2.05, 4.69) is 21.0 Å². The second kappa shape index (κ2) is 5.79. The predicted octanol–water partition coefficient (Wildman–Crippen LogP) is -1.36. The molecule has 0 saturated carbocycles. The predicted molar refractivity (Wildman–Crippen MR) is 64.6 cm³/mol. The van der Waals surface area contributed by atoms with Gasteiger partial charge in [-0.2, -0.15) is 5.10 Å². The van der Waals surface area contributed by atoms with Gasteiger partial charge >= 0.3 is 0 Å². The molecule has 6 nitrogen and oxygen atoms in total. The minimum atomic E-state index is -0.102. The molecule has 1 fully saturated rings. The molecule has 0 aliphatic carbocycles. The van der Waals surface area contributed by atoms with Crippen molar-refractivity contribution in [3.63, 3.8) is 0 Å². The highest BCUT2D eigenvalue weighted by molar-refractivity contribution is 5.82. The molecule has 17 heavy (non-hydrogen) atoms. The third-order valence-electron chi connectivity index (χ3n) is 2.96. The Balaban J connectivity index is 1.71.